The molecule has 2 rings (SSSR count). The molecular weight excluding hydrogens is 246 g/mol. The molecule has 102 valence electrons. The fourth-order valence-electron chi connectivity index (χ4n) is 2.37. The molecule has 1 aliphatic heterocycles. The number of hydrogen-bond acceptors (Lipinski definition) is 4. The summed E-state index contributed by atoms with van der Waals surface area (Å²) in [5.74, 6) is -0.419. The van der Waals surface area contributed by atoms with Crippen molar-refractivity contribution in [1.82, 2.24) is 4.90 Å². The number of amides is 1. The second-order valence-corrected chi connectivity index (χ2v) is 4.61. The molecular formula is C14H17NO4. The normalized spacial score (nSPS) is 17.6. The highest BCUT2D eigenvalue weighted by molar-refractivity contribution is 5.82. The summed E-state index contributed by atoms with van der Waals surface area (Å²) in [5.41, 5.74) is 3.25. The zero-order valence-corrected chi connectivity index (χ0v) is 11.3. The average Bonchev–Trinajstić information content (AvgIpc) is 2.44. The summed E-state index contributed by atoms with van der Waals surface area (Å²) in [5, 5.41) is 0. The summed E-state index contributed by atoms with van der Waals surface area (Å²) in [6, 6.07) is 5.40. The van der Waals surface area contributed by atoms with Gasteiger partial charge in [-0.1, -0.05) is 23.8 Å². The van der Waals surface area contributed by atoms with Gasteiger partial charge in [0.05, 0.1) is 20.8 Å². The van der Waals surface area contributed by atoms with Crippen LogP contribution in [0.25, 0.3) is 0 Å². The summed E-state index contributed by atoms with van der Waals surface area (Å²) < 4.78 is 9.50. The van der Waals surface area contributed by atoms with Gasteiger partial charge in [0.1, 0.15) is 6.04 Å². The molecule has 0 aromatic heterocycles. The lowest BCUT2D eigenvalue weighted by atomic mass is 9.93. The molecule has 1 aromatic rings. The van der Waals surface area contributed by atoms with Crippen LogP contribution in [0.15, 0.2) is 18.2 Å². The maximum Gasteiger partial charge on any atom is 0.410 e. The standard InChI is InChI=1S/C14H17NO4/c1-9-4-5-10-8-15(14(17)19-3)12(13(16)18-2)7-11(10)6-9/h4-6,12H,7-8H2,1-3H3/t12-/m1/s1. The third kappa shape index (κ3) is 2.54. The highest BCUT2D eigenvalue weighted by atomic mass is 16.5. The molecule has 0 radical (unpaired) electrons. The zero-order valence-electron chi connectivity index (χ0n) is 11.3. The second-order valence-electron chi connectivity index (χ2n) is 4.61. The van der Waals surface area contributed by atoms with Crippen LogP contribution in [0.5, 0.6) is 0 Å². The van der Waals surface area contributed by atoms with Gasteiger partial charge in [0, 0.05) is 6.42 Å². The quantitative estimate of drug-likeness (QED) is 0.723. The Morgan fingerprint density at radius 1 is 1.21 bits per heavy atom. The fraction of sp³-hybridized carbons (Fsp3) is 0.429. The van der Waals surface area contributed by atoms with Crippen LogP contribution in [0, 0.1) is 6.92 Å². The zero-order chi connectivity index (χ0) is 14.0. The molecule has 1 aliphatic rings. The predicted molar refractivity (Wildman–Crippen MR) is 68.6 cm³/mol. The van der Waals surface area contributed by atoms with E-state index in [2.05, 4.69) is 0 Å². The Hall–Kier alpha value is -2.04. The highest BCUT2D eigenvalue weighted by Gasteiger charge is 2.35. The summed E-state index contributed by atoms with van der Waals surface area (Å²) in [6.45, 7) is 2.36. The van der Waals surface area contributed by atoms with Crippen LogP contribution < -0.4 is 0 Å². The van der Waals surface area contributed by atoms with E-state index in [4.69, 9.17) is 9.47 Å². The van der Waals surface area contributed by atoms with Crippen molar-refractivity contribution < 1.29 is 19.1 Å². The van der Waals surface area contributed by atoms with E-state index in [1.165, 1.54) is 19.1 Å². The summed E-state index contributed by atoms with van der Waals surface area (Å²) in [4.78, 5) is 25.0. The van der Waals surface area contributed by atoms with E-state index >= 15 is 0 Å². The van der Waals surface area contributed by atoms with E-state index in [-0.39, 0.29) is 0 Å². The van der Waals surface area contributed by atoms with Gasteiger partial charge in [-0.2, -0.15) is 0 Å². The van der Waals surface area contributed by atoms with Crippen LogP contribution >= 0.6 is 0 Å². The van der Waals surface area contributed by atoms with Gasteiger partial charge in [-0.3, -0.25) is 4.90 Å². The van der Waals surface area contributed by atoms with E-state index in [0.29, 0.717) is 13.0 Å². The second kappa shape index (κ2) is 5.30. The smallest absolute Gasteiger partial charge is 0.410 e. The van der Waals surface area contributed by atoms with Crippen LogP contribution in [0.4, 0.5) is 4.79 Å². The Bertz CT molecular complexity index is 512. The predicted octanol–water partition coefficient (Wildman–Crippen LogP) is 1.66. The maximum atomic E-state index is 11.8. The molecule has 0 spiro atoms. The van der Waals surface area contributed by atoms with Gasteiger partial charge < -0.3 is 9.47 Å². The van der Waals surface area contributed by atoms with Gasteiger partial charge in [0.15, 0.2) is 0 Å². The Labute approximate surface area is 112 Å². The molecule has 19 heavy (non-hydrogen) atoms. The minimum absolute atomic E-state index is 0.363. The minimum Gasteiger partial charge on any atom is -0.467 e. The molecule has 0 saturated carbocycles. The first-order valence-corrected chi connectivity index (χ1v) is 6.07. The molecule has 0 aliphatic carbocycles. The Morgan fingerprint density at radius 3 is 2.58 bits per heavy atom. The van der Waals surface area contributed by atoms with Crippen LogP contribution in [0.2, 0.25) is 0 Å². The molecule has 5 nitrogen and oxygen atoms in total. The van der Waals surface area contributed by atoms with Crippen molar-refractivity contribution in [1.29, 1.82) is 0 Å². The van der Waals surface area contributed by atoms with Gasteiger partial charge in [-0.15, -0.1) is 0 Å². The molecule has 0 saturated heterocycles. The molecule has 1 atom stereocenters. The van der Waals surface area contributed by atoms with Crippen molar-refractivity contribution in [2.24, 2.45) is 0 Å². The van der Waals surface area contributed by atoms with Crippen molar-refractivity contribution in [2.75, 3.05) is 14.2 Å². The van der Waals surface area contributed by atoms with Gasteiger partial charge in [0.25, 0.3) is 0 Å². The molecule has 0 bridgehead atoms. The monoisotopic (exact) mass is 263 g/mol. The SMILES string of the molecule is COC(=O)[C@H]1Cc2cc(C)ccc2CN1C(=O)OC. The molecule has 0 unspecified atom stereocenters. The highest BCUT2D eigenvalue weighted by Crippen LogP contribution is 2.25. The van der Waals surface area contributed by atoms with E-state index in [1.54, 1.807) is 0 Å². The van der Waals surface area contributed by atoms with E-state index in [1.807, 2.05) is 25.1 Å². The Balaban J connectivity index is 2.36. The molecule has 1 heterocycles. The molecule has 5 heteroatoms. The van der Waals surface area contributed by atoms with Crippen LogP contribution in [0.1, 0.15) is 16.7 Å². The average molecular weight is 263 g/mol. The third-order valence-corrected chi connectivity index (χ3v) is 3.37. The number of carbonyl (C=O) groups excluding carboxylic acids is 2. The number of esters is 1. The number of fused-ring (bicyclic) bond motifs is 1. The molecule has 0 fully saturated rings. The number of rotatable bonds is 1. The first-order chi connectivity index (χ1) is 9.06. The number of methoxy groups -OCH3 is 2. The van der Waals surface area contributed by atoms with Crippen molar-refractivity contribution in [3.8, 4) is 0 Å². The van der Waals surface area contributed by atoms with Gasteiger partial charge >= 0.3 is 12.1 Å². The van der Waals surface area contributed by atoms with Crippen molar-refractivity contribution >= 4 is 12.1 Å². The molecule has 0 N–H and O–H groups in total. The van der Waals surface area contributed by atoms with E-state index in [9.17, 15) is 9.59 Å². The first-order valence-electron chi connectivity index (χ1n) is 6.07. The number of benzene rings is 1. The van der Waals surface area contributed by atoms with Gasteiger partial charge in [-0.05, 0) is 18.1 Å². The van der Waals surface area contributed by atoms with E-state index in [0.717, 1.165) is 16.7 Å². The molecule has 1 amide bonds. The molecule has 1 aromatic carbocycles. The fourth-order valence-corrected chi connectivity index (χ4v) is 2.37. The Morgan fingerprint density at radius 2 is 1.95 bits per heavy atom. The summed E-state index contributed by atoms with van der Waals surface area (Å²) >= 11 is 0. The number of aryl methyl sites for hydroxylation is 1. The topological polar surface area (TPSA) is 55.8 Å². The van der Waals surface area contributed by atoms with Crippen molar-refractivity contribution in [2.45, 2.75) is 25.9 Å². The maximum absolute atomic E-state index is 11.8. The first kappa shape index (κ1) is 13.4. The van der Waals surface area contributed by atoms with Gasteiger partial charge in [0.2, 0.25) is 0 Å². The van der Waals surface area contributed by atoms with Crippen molar-refractivity contribution in [3.63, 3.8) is 0 Å². The van der Waals surface area contributed by atoms with Crippen LogP contribution in [0.3, 0.4) is 0 Å². The third-order valence-electron chi connectivity index (χ3n) is 3.37. The number of nitrogens with zero attached hydrogens (tertiary/aromatic N) is 1. The lowest BCUT2D eigenvalue weighted by Crippen LogP contribution is -2.49. The lowest BCUT2D eigenvalue weighted by Gasteiger charge is -2.34. The largest absolute Gasteiger partial charge is 0.467 e. The van der Waals surface area contributed by atoms with E-state index < -0.39 is 18.1 Å². The Kier molecular flexibility index (Phi) is 3.74. The van der Waals surface area contributed by atoms with Crippen LogP contribution in [-0.4, -0.2) is 37.2 Å². The minimum atomic E-state index is -0.619. The summed E-state index contributed by atoms with van der Waals surface area (Å²) in [7, 11) is 2.63. The summed E-state index contributed by atoms with van der Waals surface area (Å²) in [6.07, 6.45) is -0.0553. The lowest BCUT2D eigenvalue weighted by molar-refractivity contribution is -0.146. The van der Waals surface area contributed by atoms with Crippen molar-refractivity contribution in [3.05, 3.63) is 34.9 Å². The van der Waals surface area contributed by atoms with Gasteiger partial charge in [-0.25, -0.2) is 9.59 Å². The number of hydrogen-bond donors (Lipinski definition) is 0. The number of carbonyl (C=O) groups is 2. The van der Waals surface area contributed by atoms with Crippen LogP contribution in [-0.2, 0) is 27.2 Å². The number of ether oxygens (including phenoxy) is 2.